The third kappa shape index (κ3) is 4.69. The highest BCUT2D eigenvalue weighted by Gasteiger charge is 2.24. The Hall–Kier alpha value is -1.91. The summed E-state index contributed by atoms with van der Waals surface area (Å²) in [5, 5.41) is 0.162. The van der Waals surface area contributed by atoms with Crippen molar-refractivity contribution in [2.75, 3.05) is 0 Å². The average molecular weight is 375 g/mol. The largest absolute Gasteiger partial charge is 0.170 e. The summed E-state index contributed by atoms with van der Waals surface area (Å²) >= 11 is 4.75. The van der Waals surface area contributed by atoms with Crippen molar-refractivity contribution in [2.24, 2.45) is 11.8 Å². The maximum atomic E-state index is 4.75. The van der Waals surface area contributed by atoms with Crippen LogP contribution in [0.25, 0.3) is 0 Å². The molecule has 1 heteroatoms. The van der Waals surface area contributed by atoms with Crippen molar-refractivity contribution >= 4 is 12.6 Å². The van der Waals surface area contributed by atoms with Crippen LogP contribution >= 0.6 is 12.6 Å². The molecule has 3 aliphatic carbocycles. The number of allylic oxidation sites excluding steroid dienone is 11. The molecule has 27 heavy (non-hydrogen) atoms. The predicted molar refractivity (Wildman–Crippen MR) is 121 cm³/mol. The Kier molecular flexibility index (Phi) is 6.51. The van der Waals surface area contributed by atoms with Crippen molar-refractivity contribution in [3.63, 3.8) is 0 Å². The maximum Gasteiger partial charge on any atom is 0.0368 e. The Morgan fingerprint density at radius 2 is 1.67 bits per heavy atom. The van der Waals surface area contributed by atoms with Crippen LogP contribution in [0.2, 0.25) is 0 Å². The molecular weight excluding hydrogens is 344 g/mol. The summed E-state index contributed by atoms with van der Waals surface area (Å²) in [4.78, 5) is 0. The van der Waals surface area contributed by atoms with Gasteiger partial charge >= 0.3 is 0 Å². The van der Waals surface area contributed by atoms with E-state index in [1.165, 1.54) is 11.1 Å². The molecule has 1 fully saturated rings. The standard InChI is InChI=1S/C26H30S/c1-5-7-18(3)24-16-22-11-9-20-13-21(10-12-23(17-24)19(22)4)15-25(14-20)26(27)8-6-2/h7-8,14-17,19,25-27H,1-2,9-13H2,3-4H3. The quantitative estimate of drug-likeness (QED) is 0.300. The van der Waals surface area contributed by atoms with E-state index in [2.05, 4.69) is 62.8 Å². The lowest BCUT2D eigenvalue weighted by Gasteiger charge is -2.30. The molecule has 0 heterocycles. The molecule has 0 radical (unpaired) electrons. The first-order chi connectivity index (χ1) is 13.0. The molecule has 1 unspecified atom stereocenters. The monoisotopic (exact) mass is 374 g/mol. The molecule has 0 nitrogen and oxygen atoms in total. The van der Waals surface area contributed by atoms with E-state index in [9.17, 15) is 0 Å². The highest BCUT2D eigenvalue weighted by atomic mass is 32.1. The number of fused-ring (bicyclic) bond motifs is 4. The fourth-order valence-electron chi connectivity index (χ4n) is 4.35. The van der Waals surface area contributed by atoms with Gasteiger partial charge in [-0.3, -0.25) is 0 Å². The zero-order valence-electron chi connectivity index (χ0n) is 16.6. The van der Waals surface area contributed by atoms with E-state index in [1.807, 2.05) is 12.2 Å². The van der Waals surface area contributed by atoms with Gasteiger partial charge in [0.05, 0.1) is 0 Å². The smallest absolute Gasteiger partial charge is 0.0368 e. The van der Waals surface area contributed by atoms with Gasteiger partial charge in [0.15, 0.2) is 0 Å². The molecule has 0 aromatic heterocycles. The summed E-state index contributed by atoms with van der Waals surface area (Å²) in [6.07, 6.45) is 19.3. The lowest BCUT2D eigenvalue weighted by molar-refractivity contribution is 0.645. The highest BCUT2D eigenvalue weighted by molar-refractivity contribution is 7.81. The van der Waals surface area contributed by atoms with Crippen LogP contribution in [0.15, 0.2) is 94.5 Å². The minimum atomic E-state index is 0.162. The highest BCUT2D eigenvalue weighted by Crippen LogP contribution is 2.40. The summed E-state index contributed by atoms with van der Waals surface area (Å²) < 4.78 is 0. The van der Waals surface area contributed by atoms with Crippen LogP contribution in [0.1, 0.15) is 46.0 Å². The van der Waals surface area contributed by atoms with E-state index < -0.39 is 0 Å². The number of hydrogen-bond acceptors (Lipinski definition) is 1. The first-order valence-electron chi connectivity index (χ1n) is 9.92. The minimum absolute atomic E-state index is 0.162. The minimum Gasteiger partial charge on any atom is -0.170 e. The third-order valence-corrected chi connectivity index (χ3v) is 6.52. The summed E-state index contributed by atoms with van der Waals surface area (Å²) in [5.74, 6) is 0.905. The van der Waals surface area contributed by atoms with Gasteiger partial charge in [0.25, 0.3) is 0 Å². The van der Waals surface area contributed by atoms with Crippen LogP contribution < -0.4 is 0 Å². The van der Waals surface area contributed by atoms with Crippen molar-refractivity contribution in [1.29, 1.82) is 0 Å². The molecular formula is C26H30S. The van der Waals surface area contributed by atoms with Crippen molar-refractivity contribution < 1.29 is 0 Å². The SMILES string of the molecule is C=C=CC(C)=C1C=C2CCC3=CC(C(S)C=C=C)C=C(CCC(=C1)C2C)C3. The van der Waals surface area contributed by atoms with Gasteiger partial charge in [0, 0.05) is 11.2 Å². The summed E-state index contributed by atoms with van der Waals surface area (Å²) in [5.41, 5.74) is 14.6. The lowest BCUT2D eigenvalue weighted by Crippen LogP contribution is -2.16. The maximum absolute atomic E-state index is 4.75. The van der Waals surface area contributed by atoms with Crippen molar-refractivity contribution in [3.8, 4) is 0 Å². The summed E-state index contributed by atoms with van der Waals surface area (Å²) in [6.45, 7) is 12.0. The fraction of sp³-hybridized carbons (Fsp3) is 0.385. The van der Waals surface area contributed by atoms with Gasteiger partial charge in [-0.15, -0.1) is 11.5 Å². The van der Waals surface area contributed by atoms with Gasteiger partial charge in [-0.25, -0.2) is 0 Å². The van der Waals surface area contributed by atoms with Crippen LogP contribution in [0.3, 0.4) is 0 Å². The number of rotatable bonds is 3. The van der Waals surface area contributed by atoms with Gasteiger partial charge in [-0.1, -0.05) is 66.7 Å². The van der Waals surface area contributed by atoms with Crippen molar-refractivity contribution in [2.45, 2.75) is 51.2 Å². The van der Waals surface area contributed by atoms with Gasteiger partial charge in [-0.05, 0) is 68.2 Å². The van der Waals surface area contributed by atoms with Crippen LogP contribution in [0.4, 0.5) is 0 Å². The average Bonchev–Trinajstić information content (AvgIpc) is 2.65. The summed E-state index contributed by atoms with van der Waals surface area (Å²) in [7, 11) is 0. The van der Waals surface area contributed by atoms with Crippen molar-refractivity contribution in [3.05, 3.63) is 94.5 Å². The molecule has 0 aliphatic heterocycles. The van der Waals surface area contributed by atoms with Crippen LogP contribution in [0, 0.1) is 11.8 Å². The molecule has 0 aromatic carbocycles. The van der Waals surface area contributed by atoms with Crippen LogP contribution in [0.5, 0.6) is 0 Å². The molecule has 0 amide bonds. The molecule has 4 bridgehead atoms. The van der Waals surface area contributed by atoms with Crippen LogP contribution in [-0.2, 0) is 0 Å². The van der Waals surface area contributed by atoms with Gasteiger partial charge in [-0.2, -0.15) is 12.6 Å². The van der Waals surface area contributed by atoms with Crippen LogP contribution in [-0.4, -0.2) is 5.25 Å². The second-order valence-corrected chi connectivity index (χ2v) is 8.51. The lowest BCUT2D eigenvalue weighted by atomic mass is 9.76. The summed E-state index contributed by atoms with van der Waals surface area (Å²) in [6, 6.07) is 0. The molecule has 140 valence electrons. The predicted octanol–water partition coefficient (Wildman–Crippen LogP) is 7.23. The van der Waals surface area contributed by atoms with E-state index in [0.717, 1.165) is 32.1 Å². The first kappa shape index (κ1) is 19.8. The third-order valence-electron chi connectivity index (χ3n) is 6.03. The zero-order valence-corrected chi connectivity index (χ0v) is 17.5. The molecule has 0 saturated heterocycles. The van der Waals surface area contributed by atoms with E-state index >= 15 is 0 Å². The zero-order chi connectivity index (χ0) is 19.4. The molecule has 3 aliphatic rings. The Labute approximate surface area is 170 Å². The molecule has 0 aromatic rings. The first-order valence-corrected chi connectivity index (χ1v) is 10.4. The van der Waals surface area contributed by atoms with Gasteiger partial charge in [0.1, 0.15) is 0 Å². The van der Waals surface area contributed by atoms with E-state index in [4.69, 9.17) is 12.6 Å². The molecule has 0 spiro atoms. The molecule has 0 N–H and O–H groups in total. The van der Waals surface area contributed by atoms with E-state index in [1.54, 1.807) is 22.3 Å². The molecule has 3 rings (SSSR count). The van der Waals surface area contributed by atoms with Gasteiger partial charge in [0.2, 0.25) is 0 Å². The topological polar surface area (TPSA) is 0 Å². The number of thiol groups is 1. The molecule has 1 saturated carbocycles. The fourth-order valence-corrected chi connectivity index (χ4v) is 4.63. The Bertz CT molecular complexity index is 814. The van der Waals surface area contributed by atoms with E-state index in [-0.39, 0.29) is 5.25 Å². The van der Waals surface area contributed by atoms with E-state index in [0.29, 0.717) is 11.8 Å². The normalized spacial score (nSPS) is 23.5. The molecule has 1 atom stereocenters. The van der Waals surface area contributed by atoms with Gasteiger partial charge < -0.3 is 0 Å². The second kappa shape index (κ2) is 8.85. The second-order valence-electron chi connectivity index (χ2n) is 7.91. The Morgan fingerprint density at radius 1 is 1.07 bits per heavy atom. The Morgan fingerprint density at radius 3 is 2.19 bits per heavy atom. The Balaban J connectivity index is 1.95. The number of hydrogen-bond donors (Lipinski definition) is 1. The van der Waals surface area contributed by atoms with Crippen molar-refractivity contribution in [1.82, 2.24) is 0 Å².